The molecule has 3 N–H and O–H groups in total. The van der Waals surface area contributed by atoms with Crippen LogP contribution in [0.4, 0.5) is 17.5 Å². The minimum atomic E-state index is -0.249. The van der Waals surface area contributed by atoms with E-state index in [9.17, 15) is 4.79 Å². The van der Waals surface area contributed by atoms with Gasteiger partial charge in [-0.1, -0.05) is 11.6 Å². The predicted octanol–water partition coefficient (Wildman–Crippen LogP) is 3.88. The fraction of sp³-hybridized carbons (Fsp3) is 0.280. The molecule has 1 aliphatic heterocycles. The molecule has 1 atom stereocenters. The molecule has 0 saturated heterocycles. The Morgan fingerprint density at radius 1 is 1.22 bits per heavy atom. The molecule has 0 radical (unpaired) electrons. The molecular weight excluding hydrogens is 482 g/mol. The van der Waals surface area contributed by atoms with Crippen molar-refractivity contribution in [3.8, 4) is 11.5 Å². The summed E-state index contributed by atoms with van der Waals surface area (Å²) < 4.78 is 11.1. The van der Waals surface area contributed by atoms with Crippen molar-refractivity contribution < 1.29 is 14.3 Å². The van der Waals surface area contributed by atoms with Gasteiger partial charge in [0.15, 0.2) is 5.75 Å². The summed E-state index contributed by atoms with van der Waals surface area (Å²) in [6.45, 7) is 5.13. The summed E-state index contributed by atoms with van der Waals surface area (Å²) in [4.78, 5) is 27.3. The van der Waals surface area contributed by atoms with Crippen molar-refractivity contribution in [3.63, 3.8) is 0 Å². The van der Waals surface area contributed by atoms with Crippen LogP contribution in [0, 0.1) is 0 Å². The Hall–Kier alpha value is -4.05. The van der Waals surface area contributed by atoms with Gasteiger partial charge in [-0.2, -0.15) is 0 Å². The highest BCUT2D eigenvalue weighted by Gasteiger charge is 2.16. The van der Waals surface area contributed by atoms with Crippen molar-refractivity contribution in [1.29, 1.82) is 0 Å². The van der Waals surface area contributed by atoms with Crippen LogP contribution in [-0.2, 0) is 6.61 Å². The van der Waals surface area contributed by atoms with Crippen LogP contribution >= 0.6 is 11.6 Å². The number of methoxy groups -OCH3 is 1. The number of nitrogens with one attached hydrogen (secondary N) is 3. The average molecular weight is 510 g/mol. The van der Waals surface area contributed by atoms with Crippen molar-refractivity contribution in [2.45, 2.75) is 26.5 Å². The minimum Gasteiger partial charge on any atom is -0.495 e. The fourth-order valence-corrected chi connectivity index (χ4v) is 4.01. The van der Waals surface area contributed by atoms with Gasteiger partial charge in [0.25, 0.3) is 5.91 Å². The zero-order chi connectivity index (χ0) is 25.7. The Morgan fingerprint density at radius 2 is 2.00 bits per heavy atom. The highest BCUT2D eigenvalue weighted by Crippen LogP contribution is 2.31. The van der Waals surface area contributed by atoms with Gasteiger partial charge >= 0.3 is 0 Å². The first-order valence-corrected chi connectivity index (χ1v) is 11.7. The van der Waals surface area contributed by atoms with E-state index < -0.39 is 0 Å². The molecule has 0 bridgehead atoms. The van der Waals surface area contributed by atoms with E-state index in [0.717, 1.165) is 23.7 Å². The topological polar surface area (TPSA) is 114 Å². The van der Waals surface area contributed by atoms with Crippen molar-refractivity contribution in [2.24, 2.45) is 0 Å². The third-order valence-corrected chi connectivity index (χ3v) is 5.87. The number of hydrogen-bond donors (Lipinski definition) is 3. The first-order chi connectivity index (χ1) is 17.4. The number of carbonyl (C=O) groups excluding carboxylic acids is 1. The summed E-state index contributed by atoms with van der Waals surface area (Å²) >= 11 is 6.39. The lowest BCUT2D eigenvalue weighted by Crippen LogP contribution is -2.41. The van der Waals surface area contributed by atoms with Crippen molar-refractivity contribution in [2.75, 3.05) is 30.9 Å². The second-order valence-electron chi connectivity index (χ2n) is 8.30. The molecule has 0 fully saturated rings. The maximum atomic E-state index is 12.0. The van der Waals surface area contributed by atoms with E-state index in [1.54, 1.807) is 37.8 Å². The number of benzene rings is 1. The highest BCUT2D eigenvalue weighted by molar-refractivity contribution is 6.33. The molecule has 1 aromatic carbocycles. The number of ether oxygens (including phenoxy) is 2. The molecule has 11 heteroatoms. The lowest BCUT2D eigenvalue weighted by Gasteiger charge is -2.30. The van der Waals surface area contributed by atoms with Crippen molar-refractivity contribution in [3.05, 3.63) is 70.9 Å². The van der Waals surface area contributed by atoms with Crippen LogP contribution in [0.3, 0.4) is 0 Å². The summed E-state index contributed by atoms with van der Waals surface area (Å²) in [7, 11) is 3.05. The number of amides is 1. The summed E-state index contributed by atoms with van der Waals surface area (Å²) in [5.41, 5.74) is 2.90. The standard InChI is InChI=1S/C25H28ClN7O3/c1-15-12-33(13-16(2)31-15)22-6-5-19(9-28-22)32-25-29-10-20(11-30-25)36-14-18-7-17(24(34)27-3)8-21(35-4)23(18)26/h5-12,16,31H,13-14H2,1-4H3,(H,27,34)(H,29,30,32)/t16-/m0/s1. The molecule has 0 spiro atoms. The number of anilines is 3. The molecule has 3 aromatic rings. The maximum Gasteiger partial charge on any atom is 0.251 e. The first kappa shape index (κ1) is 25.1. The van der Waals surface area contributed by atoms with Crippen LogP contribution in [0.1, 0.15) is 29.8 Å². The fourth-order valence-electron chi connectivity index (χ4n) is 3.77. The largest absolute Gasteiger partial charge is 0.495 e. The first-order valence-electron chi connectivity index (χ1n) is 11.3. The van der Waals surface area contributed by atoms with E-state index >= 15 is 0 Å². The van der Waals surface area contributed by atoms with Crippen LogP contribution in [0.25, 0.3) is 0 Å². The van der Waals surface area contributed by atoms with Gasteiger partial charge in [0.2, 0.25) is 5.95 Å². The van der Waals surface area contributed by atoms with Gasteiger partial charge in [0, 0.05) is 42.7 Å². The van der Waals surface area contributed by atoms with Gasteiger partial charge in [-0.3, -0.25) is 4.79 Å². The monoisotopic (exact) mass is 509 g/mol. The number of aromatic nitrogens is 3. The number of halogens is 1. The second-order valence-corrected chi connectivity index (χ2v) is 8.68. The van der Waals surface area contributed by atoms with Crippen molar-refractivity contribution >= 4 is 35.0 Å². The molecule has 0 aliphatic carbocycles. The minimum absolute atomic E-state index is 0.111. The molecular formula is C25H28ClN7O3. The summed E-state index contributed by atoms with van der Waals surface area (Å²) in [5, 5.41) is 9.48. The van der Waals surface area contributed by atoms with Crippen LogP contribution in [0.15, 0.2) is 54.8 Å². The number of nitrogens with zero attached hydrogens (tertiary/aromatic N) is 4. The lowest BCUT2D eigenvalue weighted by atomic mass is 10.1. The zero-order valence-corrected chi connectivity index (χ0v) is 21.3. The summed E-state index contributed by atoms with van der Waals surface area (Å²) in [5.74, 6) is 1.87. The third kappa shape index (κ3) is 5.95. The van der Waals surface area contributed by atoms with E-state index in [1.165, 1.54) is 7.11 Å². The van der Waals surface area contributed by atoms with Gasteiger partial charge in [0.05, 0.1) is 36.4 Å². The molecule has 1 aliphatic rings. The number of hydrogen-bond acceptors (Lipinski definition) is 9. The van der Waals surface area contributed by atoms with E-state index in [2.05, 4.69) is 48.9 Å². The summed E-state index contributed by atoms with van der Waals surface area (Å²) in [6, 6.07) is 7.47. The predicted molar refractivity (Wildman–Crippen MR) is 139 cm³/mol. The van der Waals surface area contributed by atoms with E-state index in [-0.39, 0.29) is 12.5 Å². The highest BCUT2D eigenvalue weighted by atomic mass is 35.5. The van der Waals surface area contributed by atoms with Crippen LogP contribution in [0.2, 0.25) is 5.02 Å². The lowest BCUT2D eigenvalue weighted by molar-refractivity contribution is 0.0962. The van der Waals surface area contributed by atoms with Gasteiger partial charge in [-0.05, 0) is 38.1 Å². The number of pyridine rings is 1. The normalized spacial score (nSPS) is 15.0. The molecule has 36 heavy (non-hydrogen) atoms. The molecule has 2 aromatic heterocycles. The Bertz CT molecular complexity index is 1250. The Balaban J connectivity index is 1.38. The molecule has 0 unspecified atom stereocenters. The average Bonchev–Trinajstić information content (AvgIpc) is 2.88. The van der Waals surface area contributed by atoms with Gasteiger partial charge in [-0.25, -0.2) is 15.0 Å². The van der Waals surface area contributed by atoms with E-state index in [0.29, 0.717) is 39.6 Å². The Kier molecular flexibility index (Phi) is 7.74. The molecule has 10 nitrogen and oxygen atoms in total. The number of carbonyl (C=O) groups is 1. The van der Waals surface area contributed by atoms with E-state index in [4.69, 9.17) is 21.1 Å². The van der Waals surface area contributed by atoms with Crippen LogP contribution in [-0.4, -0.2) is 47.6 Å². The quantitative estimate of drug-likeness (QED) is 0.416. The van der Waals surface area contributed by atoms with Gasteiger partial charge < -0.3 is 30.3 Å². The molecule has 1 amide bonds. The molecule has 0 saturated carbocycles. The molecule has 4 rings (SSSR count). The molecule has 188 valence electrons. The zero-order valence-electron chi connectivity index (χ0n) is 20.5. The van der Waals surface area contributed by atoms with Crippen molar-refractivity contribution in [1.82, 2.24) is 25.6 Å². The Morgan fingerprint density at radius 3 is 2.64 bits per heavy atom. The second kappa shape index (κ2) is 11.1. The third-order valence-electron chi connectivity index (χ3n) is 5.44. The number of rotatable bonds is 8. The van der Waals surface area contributed by atoms with Crippen LogP contribution < -0.4 is 30.3 Å². The van der Waals surface area contributed by atoms with Gasteiger partial charge in [0.1, 0.15) is 18.2 Å². The summed E-state index contributed by atoms with van der Waals surface area (Å²) in [6.07, 6.45) is 6.91. The van der Waals surface area contributed by atoms with Gasteiger partial charge in [-0.15, -0.1) is 0 Å². The SMILES string of the molecule is CNC(=O)c1cc(COc2cnc(Nc3ccc(N4C=C(C)N[C@@H](C)C4)nc3)nc2)c(Cl)c(OC)c1. The van der Waals surface area contributed by atoms with E-state index in [1.807, 2.05) is 19.1 Å². The van der Waals surface area contributed by atoms with Crippen LogP contribution in [0.5, 0.6) is 11.5 Å². The number of allylic oxidation sites excluding steroid dienone is 1. The smallest absolute Gasteiger partial charge is 0.251 e. The molecule has 3 heterocycles. The maximum absolute atomic E-state index is 12.0. The Labute approximate surface area is 214 Å².